The van der Waals surface area contributed by atoms with E-state index >= 15 is 0 Å². The van der Waals surface area contributed by atoms with Crippen LogP contribution < -0.4 is 10.6 Å². The zero-order valence-corrected chi connectivity index (χ0v) is 20.4. The van der Waals surface area contributed by atoms with E-state index in [1.807, 2.05) is 29.7 Å². The number of nitrogens with one attached hydrogen (secondary N) is 2. The SMILES string of the molecule is CCNC(=NCc1cccc(CN2CCCC2=O)c1)NC1CCN(C(=O)CC)C1.I. The molecule has 30 heavy (non-hydrogen) atoms. The molecule has 7 nitrogen and oxygen atoms in total. The molecule has 0 spiro atoms. The molecule has 0 aliphatic carbocycles. The molecule has 0 aromatic heterocycles. The number of halogens is 1. The van der Waals surface area contributed by atoms with Gasteiger partial charge in [0.25, 0.3) is 0 Å². The Hall–Kier alpha value is -1.84. The molecular weight excluding hydrogens is 493 g/mol. The maximum Gasteiger partial charge on any atom is 0.222 e. The van der Waals surface area contributed by atoms with Gasteiger partial charge in [0.15, 0.2) is 5.96 Å². The molecule has 1 aromatic rings. The van der Waals surface area contributed by atoms with Crippen LogP contribution in [0.2, 0.25) is 0 Å². The Morgan fingerprint density at radius 2 is 2.03 bits per heavy atom. The number of hydrogen-bond acceptors (Lipinski definition) is 3. The summed E-state index contributed by atoms with van der Waals surface area (Å²) in [4.78, 5) is 32.3. The first-order chi connectivity index (χ1) is 14.1. The molecule has 0 radical (unpaired) electrons. The van der Waals surface area contributed by atoms with Gasteiger partial charge in [0, 0.05) is 51.6 Å². The fourth-order valence-electron chi connectivity index (χ4n) is 3.93. The number of likely N-dealkylation sites (tertiary alicyclic amines) is 2. The highest BCUT2D eigenvalue weighted by atomic mass is 127. The van der Waals surface area contributed by atoms with Gasteiger partial charge in [-0.05, 0) is 30.9 Å². The second-order valence-corrected chi connectivity index (χ2v) is 7.76. The number of aliphatic imine (C=N–C) groups is 1. The van der Waals surface area contributed by atoms with E-state index in [1.54, 1.807) is 0 Å². The molecule has 166 valence electrons. The molecule has 2 aliphatic heterocycles. The Bertz CT molecular complexity index is 755. The Balaban J connectivity index is 0.00000320. The first-order valence-electron chi connectivity index (χ1n) is 10.8. The monoisotopic (exact) mass is 527 g/mol. The molecule has 2 fully saturated rings. The van der Waals surface area contributed by atoms with Gasteiger partial charge in [-0.15, -0.1) is 24.0 Å². The summed E-state index contributed by atoms with van der Waals surface area (Å²) in [5.41, 5.74) is 2.27. The third-order valence-corrected chi connectivity index (χ3v) is 5.48. The molecule has 2 N–H and O–H groups in total. The zero-order valence-electron chi connectivity index (χ0n) is 18.0. The fourth-order valence-corrected chi connectivity index (χ4v) is 3.93. The number of carbonyl (C=O) groups is 2. The third kappa shape index (κ3) is 6.85. The predicted molar refractivity (Wildman–Crippen MR) is 130 cm³/mol. The molecule has 2 aliphatic rings. The van der Waals surface area contributed by atoms with Gasteiger partial charge in [0.2, 0.25) is 11.8 Å². The van der Waals surface area contributed by atoms with Gasteiger partial charge in [-0.25, -0.2) is 4.99 Å². The molecule has 2 heterocycles. The highest BCUT2D eigenvalue weighted by Crippen LogP contribution is 2.16. The number of rotatable bonds is 7. The van der Waals surface area contributed by atoms with Crippen molar-refractivity contribution < 1.29 is 9.59 Å². The number of amides is 2. The molecule has 0 saturated carbocycles. The summed E-state index contributed by atoms with van der Waals surface area (Å²) in [7, 11) is 0. The smallest absolute Gasteiger partial charge is 0.222 e. The van der Waals surface area contributed by atoms with Crippen LogP contribution in [0, 0.1) is 0 Å². The van der Waals surface area contributed by atoms with E-state index in [-0.39, 0.29) is 41.8 Å². The molecule has 1 atom stereocenters. The largest absolute Gasteiger partial charge is 0.357 e. The van der Waals surface area contributed by atoms with Crippen LogP contribution in [0.3, 0.4) is 0 Å². The van der Waals surface area contributed by atoms with Crippen molar-refractivity contribution in [2.75, 3.05) is 26.2 Å². The predicted octanol–water partition coefficient (Wildman–Crippen LogP) is 2.49. The van der Waals surface area contributed by atoms with E-state index in [0.717, 1.165) is 56.1 Å². The highest BCUT2D eigenvalue weighted by molar-refractivity contribution is 14.0. The van der Waals surface area contributed by atoms with Crippen LogP contribution in [0.5, 0.6) is 0 Å². The van der Waals surface area contributed by atoms with E-state index in [4.69, 9.17) is 4.99 Å². The molecule has 8 heteroatoms. The van der Waals surface area contributed by atoms with Gasteiger partial charge >= 0.3 is 0 Å². The van der Waals surface area contributed by atoms with Gasteiger partial charge in [0.05, 0.1) is 6.54 Å². The molecule has 1 aromatic carbocycles. The number of carbonyl (C=O) groups excluding carboxylic acids is 2. The van der Waals surface area contributed by atoms with Crippen molar-refractivity contribution in [3.63, 3.8) is 0 Å². The first-order valence-corrected chi connectivity index (χ1v) is 10.8. The first kappa shape index (κ1) is 24.4. The van der Waals surface area contributed by atoms with Crippen LogP contribution in [-0.4, -0.2) is 59.8 Å². The van der Waals surface area contributed by atoms with Crippen molar-refractivity contribution in [2.24, 2.45) is 4.99 Å². The number of nitrogens with zero attached hydrogens (tertiary/aromatic N) is 3. The minimum absolute atomic E-state index is 0. The lowest BCUT2D eigenvalue weighted by Crippen LogP contribution is -2.45. The fraction of sp³-hybridized carbons (Fsp3) is 0.591. The lowest BCUT2D eigenvalue weighted by molar-refractivity contribution is -0.130. The van der Waals surface area contributed by atoms with Crippen molar-refractivity contribution in [2.45, 2.75) is 58.7 Å². The van der Waals surface area contributed by atoms with E-state index < -0.39 is 0 Å². The molecule has 2 saturated heterocycles. The van der Waals surface area contributed by atoms with Crippen molar-refractivity contribution in [3.8, 4) is 0 Å². The summed E-state index contributed by atoms with van der Waals surface area (Å²) in [5, 5.41) is 6.77. The summed E-state index contributed by atoms with van der Waals surface area (Å²) in [6.07, 6.45) is 3.13. The summed E-state index contributed by atoms with van der Waals surface area (Å²) < 4.78 is 0. The van der Waals surface area contributed by atoms with Gasteiger partial charge in [0.1, 0.15) is 0 Å². The number of benzene rings is 1. The maximum absolute atomic E-state index is 11.9. The van der Waals surface area contributed by atoms with Gasteiger partial charge in [-0.1, -0.05) is 31.2 Å². The Morgan fingerprint density at radius 1 is 1.23 bits per heavy atom. The normalized spacial score (nSPS) is 19.1. The quantitative estimate of drug-likeness (QED) is 0.325. The minimum atomic E-state index is 0. The van der Waals surface area contributed by atoms with E-state index in [9.17, 15) is 9.59 Å². The lowest BCUT2D eigenvalue weighted by Gasteiger charge is -2.19. The standard InChI is InChI=1S/C22H33N5O2.HI/c1-3-20(28)27-12-10-19(16-27)25-22(23-4-2)24-14-17-7-5-8-18(13-17)15-26-11-6-9-21(26)29;/h5,7-8,13,19H,3-4,6,9-12,14-16H2,1-2H3,(H2,23,24,25);1H. The van der Waals surface area contributed by atoms with Crippen molar-refractivity contribution in [1.82, 2.24) is 20.4 Å². The average Bonchev–Trinajstić information content (AvgIpc) is 3.35. The van der Waals surface area contributed by atoms with Crippen LogP contribution in [-0.2, 0) is 22.7 Å². The minimum Gasteiger partial charge on any atom is -0.357 e. The van der Waals surface area contributed by atoms with Crippen LogP contribution in [0.1, 0.15) is 50.7 Å². The van der Waals surface area contributed by atoms with E-state index in [0.29, 0.717) is 25.9 Å². The number of guanidine groups is 1. The maximum atomic E-state index is 11.9. The Morgan fingerprint density at radius 3 is 2.73 bits per heavy atom. The molecule has 2 amide bonds. The molecule has 3 rings (SSSR count). The van der Waals surface area contributed by atoms with Crippen LogP contribution in [0.25, 0.3) is 0 Å². The molecule has 0 bridgehead atoms. The van der Waals surface area contributed by atoms with E-state index in [2.05, 4.69) is 28.8 Å². The lowest BCUT2D eigenvalue weighted by atomic mass is 10.1. The Kier molecular flexibility index (Phi) is 9.87. The highest BCUT2D eigenvalue weighted by Gasteiger charge is 2.25. The summed E-state index contributed by atoms with van der Waals surface area (Å²) in [6.45, 7) is 8.38. The molecular formula is C22H34IN5O2. The molecule has 1 unspecified atom stereocenters. The van der Waals surface area contributed by atoms with Crippen LogP contribution >= 0.6 is 24.0 Å². The summed E-state index contributed by atoms with van der Waals surface area (Å²) >= 11 is 0. The van der Waals surface area contributed by atoms with Gasteiger partial charge in [-0.3, -0.25) is 9.59 Å². The van der Waals surface area contributed by atoms with Crippen molar-refractivity contribution >= 4 is 41.8 Å². The summed E-state index contributed by atoms with van der Waals surface area (Å²) in [5.74, 6) is 1.24. The van der Waals surface area contributed by atoms with Crippen LogP contribution in [0.4, 0.5) is 0 Å². The van der Waals surface area contributed by atoms with Crippen molar-refractivity contribution in [3.05, 3.63) is 35.4 Å². The second-order valence-electron chi connectivity index (χ2n) is 7.76. The van der Waals surface area contributed by atoms with Crippen molar-refractivity contribution in [1.29, 1.82) is 0 Å². The van der Waals surface area contributed by atoms with Gasteiger partial charge < -0.3 is 20.4 Å². The Labute approximate surface area is 196 Å². The number of hydrogen-bond donors (Lipinski definition) is 2. The zero-order chi connectivity index (χ0) is 20.6. The third-order valence-electron chi connectivity index (χ3n) is 5.48. The second kappa shape index (κ2) is 12.1. The van der Waals surface area contributed by atoms with Crippen LogP contribution in [0.15, 0.2) is 29.3 Å². The van der Waals surface area contributed by atoms with Gasteiger partial charge in [-0.2, -0.15) is 0 Å². The van der Waals surface area contributed by atoms with E-state index in [1.165, 1.54) is 0 Å². The average molecular weight is 527 g/mol. The summed E-state index contributed by atoms with van der Waals surface area (Å²) in [6, 6.07) is 8.54. The topological polar surface area (TPSA) is 77.0 Å².